The van der Waals surface area contributed by atoms with Crippen LogP contribution in [0.1, 0.15) is 28.8 Å². The fourth-order valence-electron chi connectivity index (χ4n) is 6.03. The van der Waals surface area contributed by atoms with Gasteiger partial charge in [0.25, 0.3) is 5.91 Å². The molecule has 0 atom stereocenters. The molecule has 220 valence electrons. The van der Waals surface area contributed by atoms with Crippen molar-refractivity contribution in [3.8, 4) is 11.1 Å². The molecule has 0 aliphatic carbocycles. The van der Waals surface area contributed by atoms with Gasteiger partial charge in [-0.2, -0.15) is 0 Å². The van der Waals surface area contributed by atoms with Crippen LogP contribution < -0.4 is 9.80 Å². The summed E-state index contributed by atoms with van der Waals surface area (Å²) in [7, 11) is -3.07. The number of amides is 2. The number of anilines is 2. The van der Waals surface area contributed by atoms with Crippen molar-refractivity contribution in [1.82, 2.24) is 19.8 Å². The first kappa shape index (κ1) is 28.1. The lowest BCUT2D eigenvalue weighted by Gasteiger charge is -2.37. The van der Waals surface area contributed by atoms with Crippen LogP contribution in [0.4, 0.5) is 16.0 Å². The molecule has 3 aromatic rings. The van der Waals surface area contributed by atoms with Crippen LogP contribution in [-0.4, -0.2) is 97.3 Å². The number of halogens is 1. The summed E-state index contributed by atoms with van der Waals surface area (Å²) in [5.41, 5.74) is 3.77. The molecule has 1 aromatic heterocycles. The molecule has 3 aliphatic rings. The molecule has 10 nitrogen and oxygen atoms in total. The van der Waals surface area contributed by atoms with Gasteiger partial charge in [0.05, 0.1) is 5.25 Å². The minimum absolute atomic E-state index is 0.0466. The molecule has 12 heteroatoms. The second-order valence-electron chi connectivity index (χ2n) is 11.1. The summed E-state index contributed by atoms with van der Waals surface area (Å²) in [5, 5.41) is -0.335. The molecule has 0 unspecified atom stereocenters. The Bertz CT molecular complexity index is 1600. The highest BCUT2D eigenvalue weighted by molar-refractivity contribution is 7.91. The molecule has 2 amide bonds. The Hall–Kier alpha value is -4.06. The third-order valence-corrected chi connectivity index (χ3v) is 10.1. The molecule has 0 bridgehead atoms. The minimum atomic E-state index is -3.07. The van der Waals surface area contributed by atoms with E-state index in [-0.39, 0.29) is 29.4 Å². The molecule has 4 heterocycles. The number of nitrogens with zero attached hydrogens (tertiary/aromatic N) is 6. The zero-order chi connectivity index (χ0) is 29.4. The van der Waals surface area contributed by atoms with Crippen molar-refractivity contribution < 1.29 is 22.4 Å². The molecule has 6 rings (SSSR count). The average molecular weight is 593 g/mol. The highest BCUT2D eigenvalue weighted by Gasteiger charge is 2.31. The number of sulfone groups is 1. The van der Waals surface area contributed by atoms with E-state index in [0.717, 1.165) is 11.3 Å². The van der Waals surface area contributed by atoms with E-state index in [1.165, 1.54) is 18.4 Å². The van der Waals surface area contributed by atoms with Gasteiger partial charge in [0.1, 0.15) is 22.2 Å². The van der Waals surface area contributed by atoms with Crippen LogP contribution in [0, 0.1) is 5.82 Å². The number of aromatic nitrogens is 2. The third-order valence-electron chi connectivity index (χ3n) is 8.43. The Morgan fingerprint density at radius 3 is 2.29 bits per heavy atom. The maximum Gasteiger partial charge on any atom is 0.254 e. The second kappa shape index (κ2) is 11.3. The minimum Gasteiger partial charge on any atom is -0.367 e. The van der Waals surface area contributed by atoms with Crippen LogP contribution in [0.15, 0.2) is 54.9 Å². The normalized spacial score (nSPS) is 18.0. The van der Waals surface area contributed by atoms with E-state index in [9.17, 15) is 22.4 Å². The van der Waals surface area contributed by atoms with Gasteiger partial charge in [-0.3, -0.25) is 9.59 Å². The van der Waals surface area contributed by atoms with Crippen molar-refractivity contribution in [2.75, 3.05) is 61.9 Å². The van der Waals surface area contributed by atoms with Gasteiger partial charge in [0.2, 0.25) is 11.9 Å². The quantitative estimate of drug-likeness (QED) is 0.430. The van der Waals surface area contributed by atoms with Crippen LogP contribution in [0.5, 0.6) is 0 Å². The number of rotatable bonds is 6. The highest BCUT2D eigenvalue weighted by Crippen LogP contribution is 2.33. The topological polar surface area (TPSA) is 107 Å². The molecule has 42 heavy (non-hydrogen) atoms. The van der Waals surface area contributed by atoms with Gasteiger partial charge in [0, 0.05) is 86.8 Å². The first-order valence-electron chi connectivity index (χ1n) is 14.1. The summed E-state index contributed by atoms with van der Waals surface area (Å²) >= 11 is 0. The molecule has 0 N–H and O–H groups in total. The second-order valence-corrected chi connectivity index (χ2v) is 13.5. The van der Waals surface area contributed by atoms with Gasteiger partial charge in [-0.1, -0.05) is 18.2 Å². The third kappa shape index (κ3) is 5.67. The monoisotopic (exact) mass is 592 g/mol. The van der Waals surface area contributed by atoms with Gasteiger partial charge in [0.15, 0.2) is 0 Å². The maximum atomic E-state index is 14.4. The van der Waals surface area contributed by atoms with E-state index in [2.05, 4.69) is 14.9 Å². The van der Waals surface area contributed by atoms with Crippen molar-refractivity contribution in [2.45, 2.75) is 24.6 Å². The van der Waals surface area contributed by atoms with Crippen LogP contribution in [0.25, 0.3) is 11.1 Å². The number of hydrogen-bond acceptors (Lipinski definition) is 8. The maximum absolute atomic E-state index is 14.4. The average Bonchev–Trinajstić information content (AvgIpc) is 3.31. The van der Waals surface area contributed by atoms with E-state index < -0.39 is 9.84 Å². The lowest BCUT2D eigenvalue weighted by atomic mass is 10.0. The van der Waals surface area contributed by atoms with Crippen LogP contribution in [0.2, 0.25) is 0 Å². The lowest BCUT2D eigenvalue weighted by molar-refractivity contribution is -0.132. The van der Waals surface area contributed by atoms with Gasteiger partial charge < -0.3 is 19.6 Å². The summed E-state index contributed by atoms with van der Waals surface area (Å²) in [4.78, 5) is 42.3. The van der Waals surface area contributed by atoms with Crippen LogP contribution in [0.3, 0.4) is 0 Å². The van der Waals surface area contributed by atoms with Gasteiger partial charge in [-0.25, -0.2) is 22.8 Å². The van der Waals surface area contributed by atoms with Crippen molar-refractivity contribution >= 4 is 33.3 Å². The Balaban J connectivity index is 1.09. The van der Waals surface area contributed by atoms with E-state index in [4.69, 9.17) is 0 Å². The van der Waals surface area contributed by atoms with Crippen molar-refractivity contribution in [3.63, 3.8) is 0 Å². The Labute approximate surface area is 244 Å². The first-order chi connectivity index (χ1) is 20.2. The van der Waals surface area contributed by atoms with E-state index >= 15 is 0 Å². The first-order valence-corrected chi connectivity index (χ1v) is 16.1. The Morgan fingerprint density at radius 1 is 0.929 bits per heavy atom. The molecule has 2 fully saturated rings. The summed E-state index contributed by atoms with van der Waals surface area (Å²) in [6.45, 7) is 3.71. The van der Waals surface area contributed by atoms with Crippen LogP contribution >= 0.6 is 0 Å². The van der Waals surface area contributed by atoms with E-state index in [1.807, 2.05) is 23.1 Å². The van der Waals surface area contributed by atoms with Gasteiger partial charge >= 0.3 is 0 Å². The molecular weight excluding hydrogens is 559 g/mol. The lowest BCUT2D eigenvalue weighted by Crippen LogP contribution is -2.51. The summed E-state index contributed by atoms with van der Waals surface area (Å²) in [5.74, 6) is -0.0408. The predicted molar refractivity (Wildman–Crippen MR) is 157 cm³/mol. The summed E-state index contributed by atoms with van der Waals surface area (Å²) in [6.07, 6.45) is 5.70. The van der Waals surface area contributed by atoms with E-state index in [1.54, 1.807) is 34.3 Å². The molecule has 2 aromatic carbocycles. The number of fused-ring (bicyclic) bond motifs is 1. The fourth-order valence-corrected chi connectivity index (χ4v) is 7.09. The number of carbonyl (C=O) groups excluding carboxylic acids is 2. The van der Waals surface area contributed by atoms with Crippen molar-refractivity contribution in [1.29, 1.82) is 0 Å². The standard InChI is InChI=1S/C30H33FN6O4S/c1-42(40,41)24-8-10-36(11-9-24)30-32-17-22(18-33-30)26-16-23(31)6-7-27(26)34-12-14-35(15-13-34)28(38)20-37-19-21-4-2-3-5-25(21)29(37)39/h2-7,16-18,24H,8-15,19-20H2,1H3. The Kier molecular flexibility index (Phi) is 7.56. The predicted octanol–water partition coefficient (Wildman–Crippen LogP) is 2.60. The number of benzene rings is 2. The number of hydrogen-bond donors (Lipinski definition) is 0. The molecule has 3 aliphatic heterocycles. The van der Waals surface area contributed by atoms with Crippen molar-refractivity contribution in [2.24, 2.45) is 0 Å². The number of piperazine rings is 1. The largest absolute Gasteiger partial charge is 0.367 e. The molecule has 2 saturated heterocycles. The summed E-state index contributed by atoms with van der Waals surface area (Å²) in [6, 6.07) is 12.1. The summed E-state index contributed by atoms with van der Waals surface area (Å²) < 4.78 is 38.1. The molecule has 0 radical (unpaired) electrons. The SMILES string of the molecule is CS(=O)(=O)C1CCN(c2ncc(-c3cc(F)ccc3N3CCN(C(=O)CN4Cc5ccccc5C4=O)CC3)cn2)CC1. The number of piperidine rings is 1. The van der Waals surface area contributed by atoms with E-state index in [0.29, 0.717) is 81.3 Å². The van der Waals surface area contributed by atoms with Gasteiger partial charge in [-0.15, -0.1) is 0 Å². The smallest absolute Gasteiger partial charge is 0.254 e. The molecule has 0 spiro atoms. The number of carbonyl (C=O) groups is 2. The fraction of sp³-hybridized carbons (Fsp3) is 0.400. The molecular formula is C30H33FN6O4S. The highest BCUT2D eigenvalue weighted by atomic mass is 32.2. The zero-order valence-corrected chi connectivity index (χ0v) is 24.3. The van der Waals surface area contributed by atoms with Crippen LogP contribution in [-0.2, 0) is 21.2 Å². The van der Waals surface area contributed by atoms with Crippen molar-refractivity contribution in [3.05, 3.63) is 71.8 Å². The zero-order valence-electron chi connectivity index (χ0n) is 23.4. The Morgan fingerprint density at radius 2 is 1.62 bits per heavy atom. The van der Waals surface area contributed by atoms with Gasteiger partial charge in [-0.05, 0) is 42.7 Å². The molecule has 0 saturated carbocycles.